The first kappa shape index (κ1) is 19.9. The Hall–Kier alpha value is -2.40. The second kappa shape index (κ2) is 9.40. The number of hydrogen-bond donors (Lipinski definition) is 0. The summed E-state index contributed by atoms with van der Waals surface area (Å²) in [5.74, 6) is 1.10. The molecule has 0 unspecified atom stereocenters. The minimum absolute atomic E-state index is 0.234. The van der Waals surface area contributed by atoms with Crippen molar-refractivity contribution in [2.45, 2.75) is 64.3 Å². The van der Waals surface area contributed by atoms with Crippen LogP contribution in [0.5, 0.6) is 5.75 Å². The van der Waals surface area contributed by atoms with E-state index in [4.69, 9.17) is 4.74 Å². The maximum atomic E-state index is 12.2. The monoisotopic (exact) mass is 393 g/mol. The van der Waals surface area contributed by atoms with Crippen molar-refractivity contribution in [2.75, 3.05) is 13.1 Å². The first-order valence-corrected chi connectivity index (χ1v) is 10.8. The number of rotatable bonds is 5. The third-order valence-corrected chi connectivity index (χ3v) is 6.25. The van der Waals surface area contributed by atoms with E-state index < -0.39 is 0 Å². The molecule has 3 heterocycles. The number of pyridine rings is 1. The number of nitrogens with zero attached hydrogens (tertiary/aromatic N) is 3. The van der Waals surface area contributed by atoms with Crippen LogP contribution in [0.3, 0.4) is 0 Å². The first-order chi connectivity index (χ1) is 14.2. The fraction of sp³-hybridized carbons (Fsp3) is 0.500. The lowest BCUT2D eigenvalue weighted by Gasteiger charge is -2.37. The fourth-order valence-electron chi connectivity index (χ4n) is 4.77. The molecule has 2 aliphatic heterocycles. The Bertz CT molecular complexity index is 794. The van der Waals surface area contributed by atoms with Gasteiger partial charge in [-0.1, -0.05) is 31.0 Å². The number of ether oxygens (including phenoxy) is 1. The molecule has 0 N–H and O–H groups in total. The Kier molecular flexibility index (Phi) is 6.45. The first-order valence-electron chi connectivity index (χ1n) is 10.8. The SMILES string of the molecule is CC(=O)N1CCCCC[C@@H]2[C@@H]1CCN2Cc1ccc(OCc2ccccn2)cc1. The molecular formula is C24H31N3O2. The Morgan fingerprint density at radius 2 is 1.90 bits per heavy atom. The summed E-state index contributed by atoms with van der Waals surface area (Å²) in [5.41, 5.74) is 2.23. The van der Waals surface area contributed by atoms with Crippen molar-refractivity contribution in [1.82, 2.24) is 14.8 Å². The fourth-order valence-corrected chi connectivity index (χ4v) is 4.77. The topological polar surface area (TPSA) is 45.7 Å². The lowest BCUT2D eigenvalue weighted by molar-refractivity contribution is -0.132. The molecule has 0 bridgehead atoms. The highest BCUT2D eigenvalue weighted by molar-refractivity contribution is 5.73. The molecule has 2 atom stereocenters. The number of hydrogen-bond acceptors (Lipinski definition) is 4. The minimum atomic E-state index is 0.234. The number of carbonyl (C=O) groups is 1. The smallest absolute Gasteiger partial charge is 0.219 e. The number of benzene rings is 1. The summed E-state index contributed by atoms with van der Waals surface area (Å²) >= 11 is 0. The van der Waals surface area contributed by atoms with Gasteiger partial charge >= 0.3 is 0 Å². The zero-order valence-corrected chi connectivity index (χ0v) is 17.3. The summed E-state index contributed by atoms with van der Waals surface area (Å²) in [5, 5.41) is 0. The Morgan fingerprint density at radius 3 is 2.66 bits per heavy atom. The van der Waals surface area contributed by atoms with Crippen LogP contribution in [0.4, 0.5) is 0 Å². The summed E-state index contributed by atoms with van der Waals surface area (Å²) in [4.78, 5) is 21.2. The molecule has 1 aromatic heterocycles. The third kappa shape index (κ3) is 4.96. The summed E-state index contributed by atoms with van der Waals surface area (Å²) in [7, 11) is 0. The van der Waals surface area contributed by atoms with Gasteiger partial charge < -0.3 is 9.64 Å². The van der Waals surface area contributed by atoms with E-state index in [2.05, 4.69) is 26.9 Å². The summed E-state index contributed by atoms with van der Waals surface area (Å²) in [6.45, 7) is 5.14. The van der Waals surface area contributed by atoms with Crippen molar-refractivity contribution >= 4 is 5.91 Å². The molecule has 1 amide bonds. The Labute approximate surface area is 173 Å². The molecule has 2 fully saturated rings. The zero-order chi connectivity index (χ0) is 20.1. The number of fused-ring (bicyclic) bond motifs is 1. The van der Waals surface area contributed by atoms with E-state index in [0.717, 1.165) is 43.9 Å². The van der Waals surface area contributed by atoms with Crippen LogP contribution in [0.2, 0.25) is 0 Å². The molecule has 5 nitrogen and oxygen atoms in total. The van der Waals surface area contributed by atoms with Gasteiger partial charge in [0.25, 0.3) is 0 Å². The highest BCUT2D eigenvalue weighted by atomic mass is 16.5. The number of likely N-dealkylation sites (tertiary alicyclic amines) is 2. The molecule has 0 spiro atoms. The van der Waals surface area contributed by atoms with Crippen molar-refractivity contribution < 1.29 is 9.53 Å². The maximum absolute atomic E-state index is 12.2. The number of aromatic nitrogens is 1. The molecule has 0 saturated carbocycles. The van der Waals surface area contributed by atoms with Gasteiger partial charge in [-0.3, -0.25) is 14.7 Å². The van der Waals surface area contributed by atoms with Crippen molar-refractivity contribution in [1.29, 1.82) is 0 Å². The molecule has 0 aliphatic carbocycles. The minimum Gasteiger partial charge on any atom is -0.487 e. The second-order valence-corrected chi connectivity index (χ2v) is 8.21. The van der Waals surface area contributed by atoms with Crippen LogP contribution in [0.15, 0.2) is 48.7 Å². The van der Waals surface area contributed by atoms with Crippen LogP contribution in [-0.2, 0) is 17.9 Å². The Morgan fingerprint density at radius 1 is 1.03 bits per heavy atom. The van der Waals surface area contributed by atoms with Gasteiger partial charge in [-0.2, -0.15) is 0 Å². The lowest BCUT2D eigenvalue weighted by atomic mass is 9.97. The average molecular weight is 394 g/mol. The van der Waals surface area contributed by atoms with E-state index in [9.17, 15) is 4.79 Å². The van der Waals surface area contributed by atoms with Gasteiger partial charge in [0.15, 0.2) is 0 Å². The quantitative estimate of drug-likeness (QED) is 0.770. The third-order valence-electron chi connectivity index (χ3n) is 6.25. The van der Waals surface area contributed by atoms with Gasteiger partial charge in [-0.15, -0.1) is 0 Å². The average Bonchev–Trinajstić information content (AvgIpc) is 3.09. The van der Waals surface area contributed by atoms with Crippen LogP contribution >= 0.6 is 0 Å². The van der Waals surface area contributed by atoms with Crippen molar-refractivity contribution in [3.8, 4) is 5.75 Å². The molecule has 5 heteroatoms. The molecule has 0 radical (unpaired) electrons. The van der Waals surface area contributed by atoms with Gasteiger partial charge in [0.05, 0.1) is 5.69 Å². The van der Waals surface area contributed by atoms with Gasteiger partial charge in [0.2, 0.25) is 5.91 Å². The molecule has 29 heavy (non-hydrogen) atoms. The summed E-state index contributed by atoms with van der Waals surface area (Å²) in [6, 6.07) is 15.1. The zero-order valence-electron chi connectivity index (χ0n) is 17.3. The van der Waals surface area contributed by atoms with Crippen LogP contribution in [0.25, 0.3) is 0 Å². The van der Waals surface area contributed by atoms with Crippen LogP contribution in [0, 0.1) is 0 Å². The highest BCUT2D eigenvalue weighted by Crippen LogP contribution is 2.31. The molecule has 2 aromatic rings. The number of amides is 1. The van der Waals surface area contributed by atoms with Crippen LogP contribution in [-0.4, -0.2) is 45.9 Å². The van der Waals surface area contributed by atoms with E-state index in [0.29, 0.717) is 18.7 Å². The molecule has 1 aromatic carbocycles. The molecule has 4 rings (SSSR count). The van der Waals surface area contributed by atoms with Crippen molar-refractivity contribution in [3.63, 3.8) is 0 Å². The molecule has 2 saturated heterocycles. The normalized spacial score (nSPS) is 22.6. The van der Waals surface area contributed by atoms with Gasteiger partial charge in [-0.25, -0.2) is 0 Å². The van der Waals surface area contributed by atoms with E-state index in [1.807, 2.05) is 30.3 Å². The standard InChI is InChI=1S/C24H31N3O2/c1-19(28)27-15-6-2-3-8-23-24(27)13-16-26(23)17-20-9-11-22(12-10-20)29-18-21-7-4-5-14-25-21/h4-5,7,9-12,14,23-24H,2-3,6,8,13,15-18H2,1H3/t23-,24+/m1/s1. The van der Waals surface area contributed by atoms with Gasteiger partial charge in [0.1, 0.15) is 12.4 Å². The highest BCUT2D eigenvalue weighted by Gasteiger charge is 2.38. The van der Waals surface area contributed by atoms with Crippen molar-refractivity contribution in [2.24, 2.45) is 0 Å². The molecular weight excluding hydrogens is 362 g/mol. The van der Waals surface area contributed by atoms with E-state index >= 15 is 0 Å². The van der Waals surface area contributed by atoms with Crippen LogP contribution < -0.4 is 4.74 Å². The predicted molar refractivity (Wildman–Crippen MR) is 113 cm³/mol. The predicted octanol–water partition coefficient (Wildman–Crippen LogP) is 4.03. The van der Waals surface area contributed by atoms with Crippen molar-refractivity contribution in [3.05, 3.63) is 59.9 Å². The maximum Gasteiger partial charge on any atom is 0.219 e. The van der Waals surface area contributed by atoms with Gasteiger partial charge in [-0.05, 0) is 49.1 Å². The molecule has 2 aliphatic rings. The lowest BCUT2D eigenvalue weighted by Crippen LogP contribution is -2.48. The van der Waals surface area contributed by atoms with E-state index in [1.54, 1.807) is 13.1 Å². The second-order valence-electron chi connectivity index (χ2n) is 8.21. The number of carbonyl (C=O) groups excluding carboxylic acids is 1. The molecule has 154 valence electrons. The summed E-state index contributed by atoms with van der Waals surface area (Å²) < 4.78 is 5.85. The van der Waals surface area contributed by atoms with E-state index in [1.165, 1.54) is 24.8 Å². The van der Waals surface area contributed by atoms with Crippen LogP contribution in [0.1, 0.15) is 50.3 Å². The Balaban J connectivity index is 1.36. The van der Waals surface area contributed by atoms with Gasteiger partial charge in [0, 0.05) is 44.8 Å². The largest absolute Gasteiger partial charge is 0.487 e. The van der Waals surface area contributed by atoms with E-state index in [-0.39, 0.29) is 5.91 Å². The summed E-state index contributed by atoms with van der Waals surface area (Å²) in [6.07, 6.45) is 7.71.